The molecule has 0 aromatic heterocycles. The largest absolute Gasteiger partial charge is 0.338 e. The van der Waals surface area contributed by atoms with Crippen LogP contribution in [0.1, 0.15) is 33.5 Å². The van der Waals surface area contributed by atoms with Crippen molar-refractivity contribution >= 4 is 17.7 Å². The molecule has 1 heterocycles. The Morgan fingerprint density at radius 2 is 1.81 bits per heavy atom. The van der Waals surface area contributed by atoms with Crippen LogP contribution in [-0.2, 0) is 16.1 Å². The van der Waals surface area contributed by atoms with Gasteiger partial charge in [0.2, 0.25) is 11.8 Å². The summed E-state index contributed by atoms with van der Waals surface area (Å²) < 4.78 is 0. The third-order valence-corrected chi connectivity index (χ3v) is 4.73. The lowest BCUT2D eigenvalue weighted by Gasteiger charge is -2.17. The molecule has 3 amide bonds. The second kappa shape index (κ2) is 8.03. The highest BCUT2D eigenvalue weighted by Crippen LogP contribution is 2.20. The third kappa shape index (κ3) is 4.53. The quantitative estimate of drug-likeness (QED) is 0.815. The van der Waals surface area contributed by atoms with Gasteiger partial charge in [0.1, 0.15) is 0 Å². The molecule has 0 aliphatic carbocycles. The van der Waals surface area contributed by atoms with Crippen LogP contribution in [0.2, 0.25) is 0 Å². The van der Waals surface area contributed by atoms with Gasteiger partial charge >= 0.3 is 0 Å². The fraction of sp³-hybridized carbons (Fsp3) is 0.286. The van der Waals surface area contributed by atoms with Crippen molar-refractivity contribution in [2.24, 2.45) is 5.92 Å². The Kier molecular flexibility index (Phi) is 5.54. The molecule has 0 bridgehead atoms. The highest BCUT2D eigenvalue weighted by Gasteiger charge is 2.34. The second-order valence-electron chi connectivity index (χ2n) is 6.92. The standard InChI is InChI=1S/C21H23N3O3/c1-14-8-9-18(15(2)10-14)21(27)23-22-20(26)17-11-19(25)24(13-17)12-16-6-4-3-5-7-16/h3-10,17H,11-13H2,1-2H3,(H,22,26)(H,23,27). The Morgan fingerprint density at radius 1 is 1.07 bits per heavy atom. The number of amides is 3. The van der Waals surface area contributed by atoms with Crippen LogP contribution >= 0.6 is 0 Å². The van der Waals surface area contributed by atoms with E-state index in [1.807, 2.05) is 56.3 Å². The number of aryl methyl sites for hydroxylation is 2. The minimum Gasteiger partial charge on any atom is -0.338 e. The molecule has 2 aromatic rings. The van der Waals surface area contributed by atoms with Crippen molar-refractivity contribution in [3.8, 4) is 0 Å². The van der Waals surface area contributed by atoms with Crippen LogP contribution in [0.5, 0.6) is 0 Å². The summed E-state index contributed by atoms with van der Waals surface area (Å²) in [6.45, 7) is 4.63. The summed E-state index contributed by atoms with van der Waals surface area (Å²) in [6.07, 6.45) is 0.151. The van der Waals surface area contributed by atoms with E-state index in [-0.39, 0.29) is 24.1 Å². The van der Waals surface area contributed by atoms with Crippen molar-refractivity contribution < 1.29 is 14.4 Å². The normalized spacial score (nSPS) is 16.3. The predicted molar refractivity (Wildman–Crippen MR) is 101 cm³/mol. The number of rotatable bonds is 4. The Hall–Kier alpha value is -3.15. The van der Waals surface area contributed by atoms with Gasteiger partial charge in [0, 0.05) is 25.1 Å². The van der Waals surface area contributed by atoms with Crippen molar-refractivity contribution in [2.75, 3.05) is 6.54 Å². The first-order valence-corrected chi connectivity index (χ1v) is 8.93. The Morgan fingerprint density at radius 3 is 2.52 bits per heavy atom. The van der Waals surface area contributed by atoms with Gasteiger partial charge in [-0.3, -0.25) is 25.2 Å². The maximum atomic E-state index is 12.4. The molecule has 0 radical (unpaired) electrons. The fourth-order valence-electron chi connectivity index (χ4n) is 3.26. The monoisotopic (exact) mass is 365 g/mol. The number of likely N-dealkylation sites (tertiary alicyclic amines) is 1. The van der Waals surface area contributed by atoms with Gasteiger partial charge < -0.3 is 4.90 Å². The molecule has 1 aliphatic heterocycles. The van der Waals surface area contributed by atoms with Crippen LogP contribution in [0.3, 0.4) is 0 Å². The van der Waals surface area contributed by atoms with E-state index in [2.05, 4.69) is 10.9 Å². The van der Waals surface area contributed by atoms with Gasteiger partial charge in [-0.15, -0.1) is 0 Å². The van der Waals surface area contributed by atoms with Crippen LogP contribution in [-0.4, -0.2) is 29.2 Å². The van der Waals surface area contributed by atoms with Crippen molar-refractivity contribution in [3.05, 3.63) is 70.8 Å². The van der Waals surface area contributed by atoms with Crippen LogP contribution < -0.4 is 10.9 Å². The summed E-state index contributed by atoms with van der Waals surface area (Å²) in [5.74, 6) is -1.25. The van der Waals surface area contributed by atoms with E-state index >= 15 is 0 Å². The zero-order valence-corrected chi connectivity index (χ0v) is 15.5. The van der Waals surface area contributed by atoms with E-state index < -0.39 is 5.92 Å². The van der Waals surface area contributed by atoms with Crippen LogP contribution in [0, 0.1) is 19.8 Å². The van der Waals surface area contributed by atoms with Crippen molar-refractivity contribution in [1.29, 1.82) is 0 Å². The number of benzene rings is 2. The van der Waals surface area contributed by atoms with Crippen LogP contribution in [0.25, 0.3) is 0 Å². The first-order chi connectivity index (χ1) is 12.9. The number of hydrogen-bond donors (Lipinski definition) is 2. The molecule has 0 spiro atoms. The molecule has 1 fully saturated rings. The van der Waals surface area contributed by atoms with Crippen molar-refractivity contribution in [3.63, 3.8) is 0 Å². The number of hydrogen-bond acceptors (Lipinski definition) is 3. The predicted octanol–water partition coefficient (Wildman–Crippen LogP) is 2.11. The average molecular weight is 365 g/mol. The molecule has 1 saturated heterocycles. The summed E-state index contributed by atoms with van der Waals surface area (Å²) in [5, 5.41) is 0. The first kappa shape index (κ1) is 18.6. The third-order valence-electron chi connectivity index (χ3n) is 4.73. The fourth-order valence-corrected chi connectivity index (χ4v) is 3.26. The number of nitrogens with one attached hydrogen (secondary N) is 2. The average Bonchev–Trinajstić information content (AvgIpc) is 3.01. The molecular weight excluding hydrogens is 342 g/mol. The minimum absolute atomic E-state index is 0.0558. The van der Waals surface area contributed by atoms with Gasteiger partial charge in [0.25, 0.3) is 5.91 Å². The molecule has 0 saturated carbocycles. The Balaban J connectivity index is 1.54. The summed E-state index contributed by atoms with van der Waals surface area (Å²) in [7, 11) is 0. The molecule has 2 N–H and O–H groups in total. The van der Waals surface area contributed by atoms with Crippen molar-refractivity contribution in [2.45, 2.75) is 26.8 Å². The van der Waals surface area contributed by atoms with Crippen molar-refractivity contribution in [1.82, 2.24) is 15.8 Å². The molecule has 1 atom stereocenters. The Labute approximate surface area is 158 Å². The molecule has 140 valence electrons. The van der Waals surface area contributed by atoms with E-state index in [9.17, 15) is 14.4 Å². The molecule has 3 rings (SSSR count). The first-order valence-electron chi connectivity index (χ1n) is 8.93. The molecule has 6 nitrogen and oxygen atoms in total. The number of hydrazine groups is 1. The summed E-state index contributed by atoms with van der Waals surface area (Å²) in [6, 6.07) is 15.1. The van der Waals surface area contributed by atoms with E-state index in [1.165, 1.54) is 0 Å². The smallest absolute Gasteiger partial charge is 0.269 e. The van der Waals surface area contributed by atoms with Gasteiger partial charge in [-0.2, -0.15) is 0 Å². The van der Waals surface area contributed by atoms with Gasteiger partial charge in [0.05, 0.1) is 5.92 Å². The van der Waals surface area contributed by atoms with E-state index in [0.717, 1.165) is 16.7 Å². The number of nitrogens with zero attached hydrogens (tertiary/aromatic N) is 1. The lowest BCUT2D eigenvalue weighted by atomic mass is 10.1. The molecule has 2 aromatic carbocycles. The molecule has 27 heavy (non-hydrogen) atoms. The highest BCUT2D eigenvalue weighted by molar-refractivity contribution is 5.97. The number of carbonyl (C=O) groups is 3. The highest BCUT2D eigenvalue weighted by atomic mass is 16.2. The molecule has 1 aliphatic rings. The van der Waals surface area contributed by atoms with E-state index in [0.29, 0.717) is 18.7 Å². The lowest BCUT2D eigenvalue weighted by molar-refractivity contribution is -0.129. The minimum atomic E-state index is -0.472. The van der Waals surface area contributed by atoms with Crippen LogP contribution in [0.15, 0.2) is 48.5 Å². The zero-order chi connectivity index (χ0) is 19.4. The zero-order valence-electron chi connectivity index (χ0n) is 15.5. The SMILES string of the molecule is Cc1ccc(C(=O)NNC(=O)C2CC(=O)N(Cc3ccccc3)C2)c(C)c1. The summed E-state index contributed by atoms with van der Waals surface area (Å²) in [5.41, 5.74) is 8.34. The van der Waals surface area contributed by atoms with Gasteiger partial charge in [-0.1, -0.05) is 48.0 Å². The van der Waals surface area contributed by atoms with Gasteiger partial charge in [-0.25, -0.2) is 0 Å². The topological polar surface area (TPSA) is 78.5 Å². The number of carbonyl (C=O) groups excluding carboxylic acids is 3. The van der Waals surface area contributed by atoms with E-state index in [1.54, 1.807) is 11.0 Å². The maximum Gasteiger partial charge on any atom is 0.269 e. The Bertz CT molecular complexity index is 864. The molecule has 1 unspecified atom stereocenters. The summed E-state index contributed by atoms with van der Waals surface area (Å²) >= 11 is 0. The molecular formula is C21H23N3O3. The van der Waals surface area contributed by atoms with E-state index in [4.69, 9.17) is 0 Å². The summed E-state index contributed by atoms with van der Waals surface area (Å²) in [4.78, 5) is 38.5. The molecule has 6 heteroatoms. The van der Waals surface area contributed by atoms with Gasteiger partial charge in [-0.05, 0) is 31.0 Å². The maximum absolute atomic E-state index is 12.4. The lowest BCUT2D eigenvalue weighted by Crippen LogP contribution is -2.45. The second-order valence-corrected chi connectivity index (χ2v) is 6.92. The van der Waals surface area contributed by atoms with Crippen LogP contribution in [0.4, 0.5) is 0 Å². The van der Waals surface area contributed by atoms with Gasteiger partial charge in [0.15, 0.2) is 0 Å².